The highest BCUT2D eigenvalue weighted by molar-refractivity contribution is 6.01. The summed E-state index contributed by atoms with van der Waals surface area (Å²) in [5, 5.41) is 8.81. The molecular formula is C25H30O5. The highest BCUT2D eigenvalue weighted by Gasteiger charge is 2.52. The average Bonchev–Trinajstić information content (AvgIpc) is 2.89. The zero-order valence-electron chi connectivity index (χ0n) is 18.3. The number of aliphatic carboxylic acids is 1. The summed E-state index contributed by atoms with van der Waals surface area (Å²) in [5.74, 6) is -0.272. The lowest BCUT2D eigenvalue weighted by Gasteiger charge is -2.45. The van der Waals surface area contributed by atoms with Gasteiger partial charge in [0.1, 0.15) is 5.78 Å². The molecule has 0 radical (unpaired) electrons. The number of ketones is 2. The van der Waals surface area contributed by atoms with Gasteiger partial charge in [-0.3, -0.25) is 9.59 Å². The van der Waals surface area contributed by atoms with Gasteiger partial charge in [0.25, 0.3) is 0 Å². The third-order valence-corrected chi connectivity index (χ3v) is 6.38. The number of carbonyl (C=O) groups is 3. The van der Waals surface area contributed by atoms with Crippen molar-refractivity contribution < 1.29 is 24.2 Å². The molecule has 3 aliphatic rings. The molecule has 1 N–H and O–H groups in total. The molecule has 1 fully saturated rings. The summed E-state index contributed by atoms with van der Waals surface area (Å²) in [5.41, 5.74) is 1.95. The van der Waals surface area contributed by atoms with E-state index >= 15 is 0 Å². The van der Waals surface area contributed by atoms with Gasteiger partial charge in [-0.15, -0.1) is 0 Å². The summed E-state index contributed by atoms with van der Waals surface area (Å²) in [6.07, 6.45) is 11.4. The van der Waals surface area contributed by atoms with Gasteiger partial charge >= 0.3 is 5.97 Å². The molecule has 1 heterocycles. The van der Waals surface area contributed by atoms with Gasteiger partial charge < -0.3 is 9.84 Å². The molecule has 1 saturated carbocycles. The Morgan fingerprint density at radius 3 is 2.50 bits per heavy atom. The van der Waals surface area contributed by atoms with E-state index in [1.165, 1.54) is 0 Å². The zero-order chi connectivity index (χ0) is 22.2. The molecule has 30 heavy (non-hydrogen) atoms. The number of allylic oxidation sites excluding steroid dienone is 7. The first-order chi connectivity index (χ1) is 14.0. The number of carboxylic acids is 1. The van der Waals surface area contributed by atoms with Crippen molar-refractivity contribution in [3.63, 3.8) is 0 Å². The predicted molar refractivity (Wildman–Crippen MR) is 115 cm³/mol. The highest BCUT2D eigenvalue weighted by Crippen LogP contribution is 2.50. The van der Waals surface area contributed by atoms with Crippen LogP contribution >= 0.6 is 0 Å². The first-order valence-corrected chi connectivity index (χ1v) is 10.5. The molecule has 0 amide bonds. The van der Waals surface area contributed by atoms with E-state index in [0.29, 0.717) is 18.6 Å². The van der Waals surface area contributed by atoms with Crippen molar-refractivity contribution in [1.29, 1.82) is 0 Å². The second kappa shape index (κ2) is 8.21. The summed E-state index contributed by atoms with van der Waals surface area (Å²) in [6, 6.07) is 0. The monoisotopic (exact) mass is 410 g/mol. The Hall–Kier alpha value is -2.69. The number of hydrogen-bond acceptors (Lipinski definition) is 4. The molecule has 0 bridgehead atoms. The van der Waals surface area contributed by atoms with Gasteiger partial charge in [-0.05, 0) is 45.1 Å². The van der Waals surface area contributed by atoms with E-state index in [2.05, 4.69) is 6.08 Å². The Bertz CT molecular complexity index is 929. The van der Waals surface area contributed by atoms with Crippen LogP contribution in [0.15, 0.2) is 58.9 Å². The minimum absolute atomic E-state index is 0.0211. The molecule has 160 valence electrons. The maximum absolute atomic E-state index is 12.8. The normalized spacial score (nSPS) is 34.7. The van der Waals surface area contributed by atoms with E-state index in [4.69, 9.17) is 9.84 Å². The lowest BCUT2D eigenvalue weighted by Crippen LogP contribution is -2.47. The highest BCUT2D eigenvalue weighted by atomic mass is 16.5. The van der Waals surface area contributed by atoms with Crippen LogP contribution in [-0.4, -0.2) is 28.2 Å². The number of fused-ring (bicyclic) bond motifs is 1. The smallest absolute Gasteiger partial charge is 0.328 e. The van der Waals surface area contributed by atoms with Crippen LogP contribution in [0.4, 0.5) is 0 Å². The molecule has 0 aromatic carbocycles. The quantitative estimate of drug-likeness (QED) is 0.417. The predicted octanol–water partition coefficient (Wildman–Crippen LogP) is 4.57. The second-order valence-electron chi connectivity index (χ2n) is 8.99. The lowest BCUT2D eigenvalue weighted by molar-refractivity contribution is -0.132. The summed E-state index contributed by atoms with van der Waals surface area (Å²) >= 11 is 0. The van der Waals surface area contributed by atoms with Gasteiger partial charge in [-0.2, -0.15) is 0 Å². The summed E-state index contributed by atoms with van der Waals surface area (Å²) < 4.78 is 6.04. The minimum Gasteiger partial charge on any atom is -0.479 e. The van der Waals surface area contributed by atoms with Crippen molar-refractivity contribution in [3.8, 4) is 0 Å². The van der Waals surface area contributed by atoms with E-state index in [1.54, 1.807) is 19.1 Å². The molecule has 0 saturated heterocycles. The standard InChI is InChI=1S/C25H30O5/c1-14(6-7-22(27)28)8-15(2)9-19-12-25(21(26)11-17(4)30-25)13-20-10-16(3)24(29)18(5)23(19)20/h6-9,11,13,16,18-19,23H,10,12H2,1-5H3,(H,27,28)/b7-6+,14-8+,15-9+/t16-,18+,19+,23-,25-/m0/s1. The Morgan fingerprint density at radius 2 is 1.90 bits per heavy atom. The first-order valence-electron chi connectivity index (χ1n) is 10.5. The van der Waals surface area contributed by atoms with Crippen molar-refractivity contribution in [2.24, 2.45) is 23.7 Å². The van der Waals surface area contributed by atoms with Crippen molar-refractivity contribution in [2.75, 3.05) is 0 Å². The van der Waals surface area contributed by atoms with E-state index in [9.17, 15) is 14.4 Å². The van der Waals surface area contributed by atoms with Gasteiger partial charge in [0, 0.05) is 30.4 Å². The Balaban J connectivity index is 1.99. The largest absolute Gasteiger partial charge is 0.479 e. The molecular weight excluding hydrogens is 380 g/mol. The van der Waals surface area contributed by atoms with Crippen LogP contribution in [0, 0.1) is 23.7 Å². The van der Waals surface area contributed by atoms with Crippen LogP contribution in [0.5, 0.6) is 0 Å². The summed E-state index contributed by atoms with van der Waals surface area (Å²) in [4.78, 5) is 36.3. The van der Waals surface area contributed by atoms with Gasteiger partial charge in [0.05, 0.1) is 5.76 Å². The molecule has 0 unspecified atom stereocenters. The number of ether oxygens (including phenoxy) is 1. The lowest BCUT2D eigenvalue weighted by atomic mass is 9.60. The van der Waals surface area contributed by atoms with Gasteiger partial charge in [-0.25, -0.2) is 4.79 Å². The fraction of sp³-hybridized carbons (Fsp3) is 0.480. The fourth-order valence-corrected chi connectivity index (χ4v) is 5.25. The molecule has 5 atom stereocenters. The Kier molecular flexibility index (Phi) is 6.02. The number of Topliss-reactive ketones (excluding diaryl/α,β-unsaturated/α-hetero) is 1. The van der Waals surface area contributed by atoms with Crippen molar-refractivity contribution in [1.82, 2.24) is 0 Å². The molecule has 0 aromatic rings. The van der Waals surface area contributed by atoms with Crippen LogP contribution in [-0.2, 0) is 19.1 Å². The summed E-state index contributed by atoms with van der Waals surface area (Å²) in [6.45, 7) is 9.54. The van der Waals surface area contributed by atoms with Crippen molar-refractivity contribution in [2.45, 2.75) is 53.1 Å². The third-order valence-electron chi connectivity index (χ3n) is 6.38. The molecule has 5 nitrogen and oxygen atoms in total. The van der Waals surface area contributed by atoms with Crippen LogP contribution in [0.3, 0.4) is 0 Å². The maximum Gasteiger partial charge on any atom is 0.328 e. The van der Waals surface area contributed by atoms with E-state index in [-0.39, 0.29) is 35.2 Å². The van der Waals surface area contributed by atoms with Crippen LogP contribution < -0.4 is 0 Å². The van der Waals surface area contributed by atoms with Gasteiger partial charge in [0.2, 0.25) is 5.78 Å². The molecule has 0 aromatic heterocycles. The maximum atomic E-state index is 12.8. The molecule has 5 heteroatoms. The number of carboxylic acid groups (broad SMARTS) is 1. The Morgan fingerprint density at radius 1 is 1.20 bits per heavy atom. The average molecular weight is 411 g/mol. The molecule has 1 aliphatic heterocycles. The molecule has 2 aliphatic carbocycles. The minimum atomic E-state index is -0.989. The first kappa shape index (κ1) is 22.0. The second-order valence-corrected chi connectivity index (χ2v) is 8.99. The molecule has 3 rings (SSSR count). The SMILES string of the molecule is CC1=CC(=O)[C@]2(C=C3C[C@H](C)C(=O)[C@H](C)[C@H]3[C@H](/C=C(C)/C=C(C)/C=C/C(=O)O)C2)O1. The number of rotatable bonds is 4. The van der Waals surface area contributed by atoms with Crippen LogP contribution in [0.25, 0.3) is 0 Å². The molecule has 1 spiro atoms. The van der Waals surface area contributed by atoms with Crippen molar-refractivity contribution >= 4 is 17.5 Å². The van der Waals surface area contributed by atoms with Crippen molar-refractivity contribution in [3.05, 3.63) is 58.9 Å². The third kappa shape index (κ3) is 4.25. The van der Waals surface area contributed by atoms with Crippen LogP contribution in [0.2, 0.25) is 0 Å². The topological polar surface area (TPSA) is 80.7 Å². The number of hydrogen-bond donors (Lipinski definition) is 1. The van der Waals surface area contributed by atoms with E-state index in [1.807, 2.05) is 39.8 Å². The van der Waals surface area contributed by atoms with E-state index < -0.39 is 11.6 Å². The zero-order valence-corrected chi connectivity index (χ0v) is 18.3. The van der Waals surface area contributed by atoms with Gasteiger partial charge in [-0.1, -0.05) is 48.8 Å². The Labute approximate surface area is 177 Å². The fourth-order valence-electron chi connectivity index (χ4n) is 5.25. The number of carbonyl (C=O) groups excluding carboxylic acids is 2. The van der Waals surface area contributed by atoms with Gasteiger partial charge in [0.15, 0.2) is 5.60 Å². The van der Waals surface area contributed by atoms with Crippen LogP contribution in [0.1, 0.15) is 47.5 Å². The van der Waals surface area contributed by atoms with E-state index in [0.717, 1.165) is 22.8 Å². The summed E-state index contributed by atoms with van der Waals surface area (Å²) in [7, 11) is 0.